The molecule has 0 spiro atoms. The van der Waals surface area contributed by atoms with Gasteiger partial charge in [0.15, 0.2) is 11.5 Å². The summed E-state index contributed by atoms with van der Waals surface area (Å²) in [6.07, 6.45) is 4.57. The van der Waals surface area contributed by atoms with Crippen molar-refractivity contribution in [3.63, 3.8) is 0 Å². The Hall–Kier alpha value is -1.26. The molecule has 2 aliphatic rings. The second-order valence-electron chi connectivity index (χ2n) is 6.01. The molecule has 3 unspecified atom stereocenters. The van der Waals surface area contributed by atoms with Crippen LogP contribution in [0.1, 0.15) is 44.3 Å². The third-order valence-electron chi connectivity index (χ3n) is 4.32. The van der Waals surface area contributed by atoms with E-state index in [0.29, 0.717) is 12.6 Å². The zero-order valence-electron chi connectivity index (χ0n) is 12.0. The lowest BCUT2D eigenvalue weighted by Crippen LogP contribution is -2.36. The molecule has 0 bridgehead atoms. The Labute approximate surface area is 120 Å². The van der Waals surface area contributed by atoms with Gasteiger partial charge in [-0.2, -0.15) is 0 Å². The van der Waals surface area contributed by atoms with E-state index in [0.717, 1.165) is 23.0 Å². The zero-order valence-corrected chi connectivity index (χ0v) is 12.0. The maximum absolute atomic E-state index is 10.3. The van der Waals surface area contributed by atoms with Crippen LogP contribution in [0.15, 0.2) is 18.2 Å². The van der Waals surface area contributed by atoms with Crippen molar-refractivity contribution < 1.29 is 14.6 Å². The zero-order chi connectivity index (χ0) is 13.9. The standard InChI is InChI=1S/C16H23NO3/c1-11-3-2-4-13(7-11)17-9-14(18)12-5-6-15-16(8-12)20-10-19-15/h5-6,8,11,13-14,17-18H,2-4,7,9-10H2,1H3. The van der Waals surface area contributed by atoms with E-state index < -0.39 is 6.10 Å². The number of hydrogen-bond donors (Lipinski definition) is 2. The fraction of sp³-hybridized carbons (Fsp3) is 0.625. The minimum atomic E-state index is -0.498. The Bertz CT molecular complexity index is 463. The summed E-state index contributed by atoms with van der Waals surface area (Å²) in [4.78, 5) is 0. The third kappa shape index (κ3) is 3.07. The van der Waals surface area contributed by atoms with Gasteiger partial charge in [-0.3, -0.25) is 0 Å². The number of hydrogen-bond acceptors (Lipinski definition) is 4. The Morgan fingerprint density at radius 2 is 2.15 bits per heavy atom. The maximum atomic E-state index is 10.3. The molecule has 1 aliphatic heterocycles. The van der Waals surface area contributed by atoms with Crippen LogP contribution in [0.5, 0.6) is 11.5 Å². The fourth-order valence-electron chi connectivity index (χ4n) is 3.14. The number of fused-ring (bicyclic) bond motifs is 1. The molecule has 1 aliphatic carbocycles. The summed E-state index contributed by atoms with van der Waals surface area (Å²) in [5.74, 6) is 2.28. The van der Waals surface area contributed by atoms with Gasteiger partial charge in [0.05, 0.1) is 6.10 Å². The van der Waals surface area contributed by atoms with Crippen LogP contribution in [0.4, 0.5) is 0 Å². The summed E-state index contributed by atoms with van der Waals surface area (Å²) in [7, 11) is 0. The largest absolute Gasteiger partial charge is 0.454 e. The summed E-state index contributed by atoms with van der Waals surface area (Å²) in [6, 6.07) is 6.19. The van der Waals surface area contributed by atoms with Crippen LogP contribution < -0.4 is 14.8 Å². The van der Waals surface area contributed by atoms with Crippen LogP contribution in [0, 0.1) is 5.92 Å². The van der Waals surface area contributed by atoms with Crippen molar-refractivity contribution in [2.75, 3.05) is 13.3 Å². The summed E-state index contributed by atoms with van der Waals surface area (Å²) >= 11 is 0. The SMILES string of the molecule is CC1CCCC(NCC(O)c2ccc3c(c2)OCO3)C1. The second kappa shape index (κ2) is 6.02. The Morgan fingerprint density at radius 3 is 3.00 bits per heavy atom. The highest BCUT2D eigenvalue weighted by molar-refractivity contribution is 5.45. The monoisotopic (exact) mass is 277 g/mol. The second-order valence-corrected chi connectivity index (χ2v) is 6.01. The van der Waals surface area contributed by atoms with Crippen molar-refractivity contribution in [2.45, 2.75) is 44.8 Å². The number of nitrogens with one attached hydrogen (secondary N) is 1. The van der Waals surface area contributed by atoms with Gasteiger partial charge in [0.25, 0.3) is 0 Å². The quantitative estimate of drug-likeness (QED) is 0.888. The molecule has 4 heteroatoms. The first-order valence-electron chi connectivity index (χ1n) is 7.53. The topological polar surface area (TPSA) is 50.7 Å². The Balaban J connectivity index is 1.55. The molecule has 3 atom stereocenters. The van der Waals surface area contributed by atoms with Gasteiger partial charge < -0.3 is 19.9 Å². The summed E-state index contributed by atoms with van der Waals surface area (Å²) in [5.41, 5.74) is 0.880. The van der Waals surface area contributed by atoms with Gasteiger partial charge in [0.1, 0.15) is 0 Å². The van der Waals surface area contributed by atoms with E-state index in [1.807, 2.05) is 18.2 Å². The highest BCUT2D eigenvalue weighted by atomic mass is 16.7. The van der Waals surface area contributed by atoms with Crippen molar-refractivity contribution in [3.8, 4) is 11.5 Å². The summed E-state index contributed by atoms with van der Waals surface area (Å²) < 4.78 is 10.6. The molecule has 3 rings (SSSR count). The highest BCUT2D eigenvalue weighted by Gasteiger charge is 2.20. The Morgan fingerprint density at radius 1 is 1.30 bits per heavy atom. The van der Waals surface area contributed by atoms with E-state index in [-0.39, 0.29) is 6.79 Å². The molecule has 4 nitrogen and oxygen atoms in total. The van der Waals surface area contributed by atoms with E-state index in [4.69, 9.17) is 9.47 Å². The summed E-state index contributed by atoms with van der Waals surface area (Å²) in [5, 5.41) is 13.8. The van der Waals surface area contributed by atoms with Gasteiger partial charge in [-0.1, -0.05) is 25.8 Å². The van der Waals surface area contributed by atoms with Crippen molar-refractivity contribution >= 4 is 0 Å². The molecule has 1 aromatic carbocycles. The van der Waals surface area contributed by atoms with Gasteiger partial charge in [-0.25, -0.2) is 0 Å². The lowest BCUT2D eigenvalue weighted by atomic mass is 9.87. The van der Waals surface area contributed by atoms with Crippen molar-refractivity contribution in [1.82, 2.24) is 5.32 Å². The molecular weight excluding hydrogens is 254 g/mol. The molecule has 0 aromatic heterocycles. The molecule has 0 radical (unpaired) electrons. The van der Waals surface area contributed by atoms with E-state index in [9.17, 15) is 5.11 Å². The van der Waals surface area contributed by atoms with E-state index in [1.54, 1.807) is 0 Å². The van der Waals surface area contributed by atoms with Gasteiger partial charge in [0, 0.05) is 12.6 Å². The lowest BCUT2D eigenvalue weighted by Gasteiger charge is -2.28. The number of rotatable bonds is 4. The van der Waals surface area contributed by atoms with Crippen molar-refractivity contribution in [1.29, 1.82) is 0 Å². The van der Waals surface area contributed by atoms with Crippen LogP contribution in [-0.4, -0.2) is 24.5 Å². The molecule has 0 amide bonds. The molecule has 0 saturated heterocycles. The molecule has 1 saturated carbocycles. The third-order valence-corrected chi connectivity index (χ3v) is 4.32. The molecule has 20 heavy (non-hydrogen) atoms. The van der Waals surface area contributed by atoms with E-state index in [2.05, 4.69) is 12.2 Å². The summed E-state index contributed by atoms with van der Waals surface area (Å²) in [6.45, 7) is 3.17. The van der Waals surface area contributed by atoms with Gasteiger partial charge in [0.2, 0.25) is 6.79 Å². The van der Waals surface area contributed by atoms with Crippen LogP contribution in [-0.2, 0) is 0 Å². The van der Waals surface area contributed by atoms with Gasteiger partial charge in [-0.05, 0) is 36.5 Å². The van der Waals surface area contributed by atoms with Gasteiger partial charge >= 0.3 is 0 Å². The predicted molar refractivity (Wildman–Crippen MR) is 76.9 cm³/mol. The lowest BCUT2D eigenvalue weighted by molar-refractivity contribution is 0.161. The molecule has 110 valence electrons. The van der Waals surface area contributed by atoms with E-state index in [1.165, 1.54) is 25.7 Å². The first-order valence-corrected chi connectivity index (χ1v) is 7.53. The average molecular weight is 277 g/mol. The molecule has 2 N–H and O–H groups in total. The molecule has 1 heterocycles. The van der Waals surface area contributed by atoms with Crippen LogP contribution >= 0.6 is 0 Å². The number of aliphatic hydroxyl groups is 1. The Kier molecular flexibility index (Phi) is 4.13. The van der Waals surface area contributed by atoms with Crippen LogP contribution in [0.25, 0.3) is 0 Å². The van der Waals surface area contributed by atoms with Crippen LogP contribution in [0.3, 0.4) is 0 Å². The van der Waals surface area contributed by atoms with Crippen LogP contribution in [0.2, 0.25) is 0 Å². The maximum Gasteiger partial charge on any atom is 0.231 e. The van der Waals surface area contributed by atoms with Crippen molar-refractivity contribution in [2.24, 2.45) is 5.92 Å². The first kappa shape index (κ1) is 13.7. The van der Waals surface area contributed by atoms with E-state index >= 15 is 0 Å². The molecule has 1 aromatic rings. The smallest absolute Gasteiger partial charge is 0.231 e. The number of ether oxygens (including phenoxy) is 2. The average Bonchev–Trinajstić information content (AvgIpc) is 2.92. The van der Waals surface area contributed by atoms with Gasteiger partial charge in [-0.15, -0.1) is 0 Å². The first-order chi connectivity index (χ1) is 9.72. The highest BCUT2D eigenvalue weighted by Crippen LogP contribution is 2.34. The molecular formula is C16H23NO3. The minimum Gasteiger partial charge on any atom is -0.454 e. The number of benzene rings is 1. The fourth-order valence-corrected chi connectivity index (χ4v) is 3.14. The molecule has 1 fully saturated rings. The minimum absolute atomic E-state index is 0.271. The number of aliphatic hydroxyl groups excluding tert-OH is 1. The normalized spacial score (nSPS) is 26.5. The van der Waals surface area contributed by atoms with Crippen molar-refractivity contribution in [3.05, 3.63) is 23.8 Å². The predicted octanol–water partition coefficient (Wildman–Crippen LogP) is 2.62.